The number of hydrogen-bond donors (Lipinski definition) is 0. The first-order valence-electron chi connectivity index (χ1n) is 6.31. The molecule has 0 spiro atoms. The van der Waals surface area contributed by atoms with E-state index in [1.807, 2.05) is 30.5 Å². The van der Waals surface area contributed by atoms with Crippen LogP contribution in [0, 0.1) is 18.3 Å². The van der Waals surface area contributed by atoms with Crippen LogP contribution in [0.1, 0.15) is 20.8 Å². The fourth-order valence-corrected chi connectivity index (χ4v) is 2.83. The molecule has 1 aliphatic rings. The number of hydrogen-bond acceptors (Lipinski definition) is 5. The number of rotatable bonds is 3. The standard InChI is InChI=1S/C16H11NO3S/c1-10-7-11(19-5-4-17)8-13-15(10)16(18)14(20-13)9-12-3-2-6-21-12/h2-3,6-9H,5H2,1H3/b14-9-. The summed E-state index contributed by atoms with van der Waals surface area (Å²) in [6.45, 7) is 1.79. The second-order valence-electron chi connectivity index (χ2n) is 4.52. The highest BCUT2D eigenvalue weighted by Gasteiger charge is 2.30. The highest BCUT2D eigenvalue weighted by Crippen LogP contribution is 2.37. The van der Waals surface area contributed by atoms with Crippen molar-refractivity contribution in [3.8, 4) is 17.6 Å². The molecule has 0 atom stereocenters. The molecule has 1 aromatic heterocycles. The molecule has 0 bridgehead atoms. The Morgan fingerprint density at radius 2 is 2.33 bits per heavy atom. The van der Waals surface area contributed by atoms with Crippen molar-refractivity contribution in [2.45, 2.75) is 6.92 Å². The first-order valence-corrected chi connectivity index (χ1v) is 7.19. The number of aryl methyl sites for hydroxylation is 1. The molecular weight excluding hydrogens is 286 g/mol. The summed E-state index contributed by atoms with van der Waals surface area (Å²) in [6, 6.07) is 9.14. The molecule has 3 rings (SSSR count). The number of nitrogens with zero attached hydrogens (tertiary/aromatic N) is 1. The number of thiophene rings is 1. The summed E-state index contributed by atoms with van der Waals surface area (Å²) in [6.07, 6.45) is 1.74. The van der Waals surface area contributed by atoms with Gasteiger partial charge >= 0.3 is 0 Å². The van der Waals surface area contributed by atoms with E-state index in [4.69, 9.17) is 14.7 Å². The van der Waals surface area contributed by atoms with Crippen LogP contribution < -0.4 is 9.47 Å². The topological polar surface area (TPSA) is 59.3 Å². The lowest BCUT2D eigenvalue weighted by atomic mass is 10.0. The second kappa shape index (κ2) is 5.43. The van der Waals surface area contributed by atoms with Crippen LogP contribution in [0.25, 0.3) is 6.08 Å². The SMILES string of the molecule is Cc1cc(OCC#N)cc2c1C(=O)/C(=C/c1cccs1)O2. The largest absolute Gasteiger partial charge is 0.479 e. The third-order valence-corrected chi connectivity index (χ3v) is 3.88. The van der Waals surface area contributed by atoms with Gasteiger partial charge in [-0.3, -0.25) is 4.79 Å². The maximum Gasteiger partial charge on any atom is 0.232 e. The number of carbonyl (C=O) groups is 1. The second-order valence-corrected chi connectivity index (χ2v) is 5.49. The number of nitriles is 1. The molecule has 0 saturated carbocycles. The van der Waals surface area contributed by atoms with E-state index in [2.05, 4.69) is 0 Å². The minimum Gasteiger partial charge on any atom is -0.479 e. The fourth-order valence-electron chi connectivity index (χ4n) is 2.18. The molecule has 2 aromatic rings. The van der Waals surface area contributed by atoms with Crippen LogP contribution >= 0.6 is 11.3 Å². The molecule has 1 aromatic carbocycles. The van der Waals surface area contributed by atoms with E-state index in [1.165, 1.54) is 11.3 Å². The molecule has 0 unspecified atom stereocenters. The Morgan fingerprint density at radius 3 is 3.05 bits per heavy atom. The van der Waals surface area contributed by atoms with Gasteiger partial charge in [-0.05, 0) is 30.0 Å². The van der Waals surface area contributed by atoms with Gasteiger partial charge in [0, 0.05) is 17.0 Å². The summed E-state index contributed by atoms with van der Waals surface area (Å²) >= 11 is 1.54. The van der Waals surface area contributed by atoms with Crippen molar-refractivity contribution in [2.24, 2.45) is 0 Å². The molecule has 104 valence electrons. The van der Waals surface area contributed by atoms with Crippen LogP contribution in [0.2, 0.25) is 0 Å². The molecule has 0 fully saturated rings. The Balaban J connectivity index is 1.96. The number of fused-ring (bicyclic) bond motifs is 1. The Kier molecular flexibility index (Phi) is 3.46. The van der Waals surface area contributed by atoms with Crippen molar-refractivity contribution in [2.75, 3.05) is 6.61 Å². The monoisotopic (exact) mass is 297 g/mol. The summed E-state index contributed by atoms with van der Waals surface area (Å²) in [5, 5.41) is 10.5. The highest BCUT2D eigenvalue weighted by molar-refractivity contribution is 7.10. The quantitative estimate of drug-likeness (QED) is 0.813. The van der Waals surface area contributed by atoms with Crippen LogP contribution in [0.4, 0.5) is 0 Å². The normalized spacial score (nSPS) is 14.7. The first kappa shape index (κ1) is 13.4. The van der Waals surface area contributed by atoms with Gasteiger partial charge in [0.2, 0.25) is 5.78 Å². The van der Waals surface area contributed by atoms with Crippen molar-refractivity contribution in [3.05, 3.63) is 51.4 Å². The molecule has 5 heteroatoms. The van der Waals surface area contributed by atoms with Crippen LogP contribution in [-0.2, 0) is 0 Å². The lowest BCUT2D eigenvalue weighted by Gasteiger charge is -2.05. The maximum atomic E-state index is 12.4. The average molecular weight is 297 g/mol. The summed E-state index contributed by atoms with van der Waals surface area (Å²) in [4.78, 5) is 13.4. The minimum absolute atomic E-state index is 0.0376. The van der Waals surface area contributed by atoms with E-state index in [-0.39, 0.29) is 12.4 Å². The Bertz CT molecular complexity index is 770. The van der Waals surface area contributed by atoms with Crippen LogP contribution in [0.3, 0.4) is 0 Å². The first-order chi connectivity index (χ1) is 10.2. The third-order valence-electron chi connectivity index (χ3n) is 3.06. The van der Waals surface area contributed by atoms with Gasteiger partial charge in [0.1, 0.15) is 17.6 Å². The number of Topliss-reactive ketones (excluding diaryl/α,β-unsaturated/α-hetero) is 1. The van der Waals surface area contributed by atoms with Gasteiger partial charge in [0.05, 0.1) is 5.56 Å². The molecule has 0 radical (unpaired) electrons. The van der Waals surface area contributed by atoms with Gasteiger partial charge in [-0.1, -0.05) is 6.07 Å². The predicted octanol–water partition coefficient (Wildman–Crippen LogP) is 3.58. The van der Waals surface area contributed by atoms with Crippen molar-refractivity contribution in [1.82, 2.24) is 0 Å². The number of ketones is 1. The third kappa shape index (κ3) is 2.54. The zero-order chi connectivity index (χ0) is 14.8. The summed E-state index contributed by atoms with van der Waals surface area (Å²) in [7, 11) is 0. The average Bonchev–Trinajstić information content (AvgIpc) is 3.06. The summed E-state index contributed by atoms with van der Waals surface area (Å²) < 4.78 is 10.9. The number of benzene rings is 1. The molecule has 0 aliphatic carbocycles. The molecule has 0 N–H and O–H groups in total. The van der Waals surface area contributed by atoms with E-state index in [0.29, 0.717) is 22.8 Å². The lowest BCUT2D eigenvalue weighted by molar-refractivity contribution is 0.101. The molecule has 0 amide bonds. The lowest BCUT2D eigenvalue weighted by Crippen LogP contribution is -1.99. The van der Waals surface area contributed by atoms with Crippen LogP contribution in [0.5, 0.6) is 11.5 Å². The van der Waals surface area contributed by atoms with Crippen molar-refractivity contribution >= 4 is 23.2 Å². The fraction of sp³-hybridized carbons (Fsp3) is 0.125. The van der Waals surface area contributed by atoms with E-state index < -0.39 is 0 Å². The van der Waals surface area contributed by atoms with E-state index >= 15 is 0 Å². The Hall–Kier alpha value is -2.58. The van der Waals surface area contributed by atoms with E-state index in [0.717, 1.165) is 10.4 Å². The van der Waals surface area contributed by atoms with E-state index in [1.54, 1.807) is 18.2 Å². The number of carbonyl (C=O) groups excluding carboxylic acids is 1. The molecular formula is C16H11NO3S. The Morgan fingerprint density at radius 1 is 1.48 bits per heavy atom. The van der Waals surface area contributed by atoms with Gasteiger partial charge in [-0.2, -0.15) is 5.26 Å². The van der Waals surface area contributed by atoms with Gasteiger partial charge in [0.25, 0.3) is 0 Å². The highest BCUT2D eigenvalue weighted by atomic mass is 32.1. The van der Waals surface area contributed by atoms with Crippen LogP contribution in [0.15, 0.2) is 35.4 Å². The van der Waals surface area contributed by atoms with Gasteiger partial charge in [0.15, 0.2) is 12.4 Å². The molecule has 4 nitrogen and oxygen atoms in total. The zero-order valence-electron chi connectivity index (χ0n) is 11.3. The van der Waals surface area contributed by atoms with Crippen molar-refractivity contribution in [3.63, 3.8) is 0 Å². The zero-order valence-corrected chi connectivity index (χ0v) is 12.1. The predicted molar refractivity (Wildman–Crippen MR) is 79.5 cm³/mol. The van der Waals surface area contributed by atoms with Crippen molar-refractivity contribution < 1.29 is 14.3 Å². The van der Waals surface area contributed by atoms with Gasteiger partial charge in [-0.15, -0.1) is 11.3 Å². The maximum absolute atomic E-state index is 12.4. The van der Waals surface area contributed by atoms with Gasteiger partial charge < -0.3 is 9.47 Å². The Labute approximate surface area is 125 Å². The molecule has 21 heavy (non-hydrogen) atoms. The smallest absolute Gasteiger partial charge is 0.232 e. The van der Waals surface area contributed by atoms with E-state index in [9.17, 15) is 4.79 Å². The number of allylic oxidation sites excluding steroid dienone is 1. The number of ether oxygens (including phenoxy) is 2. The van der Waals surface area contributed by atoms with Crippen LogP contribution in [-0.4, -0.2) is 12.4 Å². The molecule has 0 saturated heterocycles. The molecule has 1 aliphatic heterocycles. The summed E-state index contributed by atoms with van der Waals surface area (Å²) in [5.74, 6) is 1.20. The van der Waals surface area contributed by atoms with Crippen molar-refractivity contribution in [1.29, 1.82) is 5.26 Å². The minimum atomic E-state index is -0.122. The van der Waals surface area contributed by atoms with Gasteiger partial charge in [-0.25, -0.2) is 0 Å². The molecule has 2 heterocycles. The summed E-state index contributed by atoms with van der Waals surface area (Å²) in [5.41, 5.74) is 1.34.